The standard InChI is InChI=1S/C33H23NO2.C33H21NO.C19H14BrN.C14H8O2.C13H11N.C6H4BrI/c35-32-24-13-3-5-15-26(24)33(36,27-16-6-4-14-25(27)32)28-17-7-10-20-31(28)34-29-18-8-1-11-22(29)21-23-12-2-9-19-30(23)34;35-32-23-12-2-4-14-25(23)33(26-15-5-3-13-24(26)32)27-16-6-8-19-30(27)34-29-18-7-1-10-21(29)20-22-11-9-17-28(33)31(22)34;20-16-9-3-6-12-19(16)21-17-10-4-1-7-14(17)13-15-8-2-5-11-18(15)21;15-13-9-5-1-2-6-10(9)14(16)12-8-4-3-7-11(12)13;1-3-7-12-10(5-1)9-11-6-2-4-8-13(11)14-12;7-5-3-1-2-4-6(5)8/h1-20,36H,21H2;1-19H,20H2;1-12H,13H2;1-8H;1-8,14H,9H2;1-4H. The van der Waals surface area contributed by atoms with E-state index < -0.39 is 11.0 Å². The van der Waals surface area contributed by atoms with Gasteiger partial charge in [0.1, 0.15) is 5.60 Å². The summed E-state index contributed by atoms with van der Waals surface area (Å²) in [5, 5.41) is 16.2. The lowest BCUT2D eigenvalue weighted by atomic mass is 9.57. The number of rotatable bonds is 3. The zero-order valence-electron chi connectivity index (χ0n) is 70.4. The molecule has 9 nitrogen and oxygen atoms in total. The third-order valence-corrected chi connectivity index (χ3v) is 28.9. The molecule has 8 aliphatic rings. The Bertz CT molecular complexity index is 7170. The van der Waals surface area contributed by atoms with Crippen molar-refractivity contribution in [3.63, 3.8) is 0 Å². The molecule has 0 fully saturated rings. The maximum absolute atomic E-state index is 13.7. The van der Waals surface area contributed by atoms with Gasteiger partial charge in [0, 0.05) is 139 Å². The first-order chi connectivity index (χ1) is 63.8. The van der Waals surface area contributed by atoms with Crippen LogP contribution in [-0.2, 0) is 36.7 Å². The summed E-state index contributed by atoms with van der Waals surface area (Å²) in [7, 11) is 0. The van der Waals surface area contributed by atoms with Crippen LogP contribution >= 0.6 is 54.5 Å². The van der Waals surface area contributed by atoms with Crippen molar-refractivity contribution in [2.24, 2.45) is 0 Å². The molecule has 26 rings (SSSR count). The van der Waals surface area contributed by atoms with Crippen LogP contribution in [0.5, 0.6) is 0 Å². The van der Waals surface area contributed by atoms with E-state index in [1.807, 2.05) is 109 Å². The fourth-order valence-electron chi connectivity index (χ4n) is 20.1. The van der Waals surface area contributed by atoms with E-state index in [4.69, 9.17) is 0 Å². The highest BCUT2D eigenvalue weighted by molar-refractivity contribution is 14.1. The summed E-state index contributed by atoms with van der Waals surface area (Å²) in [5.74, 6) is -0.0782. The van der Waals surface area contributed by atoms with Crippen LogP contribution in [0, 0.1) is 3.57 Å². The predicted molar refractivity (Wildman–Crippen MR) is 539 cm³/mol. The topological polar surface area (TPSA) is 110 Å². The van der Waals surface area contributed by atoms with Gasteiger partial charge in [-0.15, -0.1) is 0 Å². The van der Waals surface area contributed by atoms with Crippen molar-refractivity contribution in [3.05, 3.63) is 571 Å². The van der Waals surface area contributed by atoms with E-state index >= 15 is 0 Å². The summed E-state index contributed by atoms with van der Waals surface area (Å²) in [6, 6.07) is 145. The highest BCUT2D eigenvalue weighted by Crippen LogP contribution is 2.63. The van der Waals surface area contributed by atoms with Gasteiger partial charge in [-0.05, 0) is 200 Å². The molecule has 18 aromatic carbocycles. The van der Waals surface area contributed by atoms with E-state index in [9.17, 15) is 24.3 Å². The lowest BCUT2D eigenvalue weighted by molar-refractivity contribution is 0.0950. The summed E-state index contributed by atoms with van der Waals surface area (Å²) in [5.41, 5.74) is 32.8. The molecule has 0 saturated carbocycles. The molecule has 0 radical (unpaired) electrons. The van der Waals surface area contributed by atoms with Crippen LogP contribution in [0.4, 0.5) is 62.6 Å². The average molecular weight is 1920 g/mol. The summed E-state index contributed by atoms with van der Waals surface area (Å²) in [4.78, 5) is 58.4. The molecule has 0 saturated heterocycles. The maximum atomic E-state index is 13.7. The highest BCUT2D eigenvalue weighted by Gasteiger charge is 2.53. The first-order valence-corrected chi connectivity index (χ1v) is 46.2. The molecule has 3 aliphatic carbocycles. The molecule has 5 heterocycles. The van der Waals surface area contributed by atoms with Gasteiger partial charge in [0.05, 0.1) is 28.2 Å². The minimum Gasteiger partial charge on any atom is -0.376 e. The predicted octanol–water partition coefficient (Wildman–Crippen LogP) is 28.9. The number of hydrogen-bond acceptors (Lipinski definition) is 9. The lowest BCUT2D eigenvalue weighted by Crippen LogP contribution is -2.43. The van der Waals surface area contributed by atoms with Crippen molar-refractivity contribution in [3.8, 4) is 0 Å². The van der Waals surface area contributed by atoms with Gasteiger partial charge in [-0.1, -0.05) is 352 Å². The number of carbonyl (C=O) groups is 4. The Morgan fingerprint density at radius 2 is 0.492 bits per heavy atom. The van der Waals surface area contributed by atoms with E-state index in [0.29, 0.717) is 44.5 Å². The zero-order chi connectivity index (χ0) is 88.1. The fraction of sp³-hybridized carbons (Fsp3) is 0.0508. The average Bonchev–Trinajstić information content (AvgIpc) is 0.649. The van der Waals surface area contributed by atoms with Gasteiger partial charge in [0.2, 0.25) is 0 Å². The molecule has 0 amide bonds. The molecule has 0 unspecified atom stereocenters. The Hall–Kier alpha value is -14.5. The van der Waals surface area contributed by atoms with Gasteiger partial charge in [0.15, 0.2) is 23.1 Å². The number of nitrogens with one attached hydrogen (secondary N) is 1. The highest BCUT2D eigenvalue weighted by atomic mass is 127. The number of aliphatic hydroxyl groups is 1. The van der Waals surface area contributed by atoms with Crippen molar-refractivity contribution in [2.75, 3.05) is 20.0 Å². The number of ketones is 4. The van der Waals surface area contributed by atoms with Crippen LogP contribution in [-0.4, -0.2) is 28.2 Å². The van der Waals surface area contributed by atoms with Crippen LogP contribution in [0.1, 0.15) is 147 Å². The molecule has 624 valence electrons. The number of hydrogen-bond donors (Lipinski definition) is 2. The molecular weight excluding hydrogens is 1840 g/mol. The molecule has 1 spiro atoms. The van der Waals surface area contributed by atoms with Gasteiger partial charge in [-0.3, -0.25) is 19.2 Å². The monoisotopic (exact) mass is 1920 g/mol. The Morgan fingerprint density at radius 1 is 0.231 bits per heavy atom. The van der Waals surface area contributed by atoms with Crippen molar-refractivity contribution in [2.45, 2.75) is 36.7 Å². The van der Waals surface area contributed by atoms with Gasteiger partial charge >= 0.3 is 0 Å². The van der Waals surface area contributed by atoms with Crippen molar-refractivity contribution < 1.29 is 24.3 Å². The molecule has 2 N–H and O–H groups in total. The maximum Gasteiger partial charge on any atom is 0.194 e. The van der Waals surface area contributed by atoms with Crippen LogP contribution in [0.2, 0.25) is 0 Å². The zero-order valence-corrected chi connectivity index (χ0v) is 75.7. The Labute approximate surface area is 785 Å². The molecule has 0 aromatic heterocycles. The normalized spacial score (nSPS) is 13.9. The molecule has 130 heavy (non-hydrogen) atoms. The van der Waals surface area contributed by atoms with Crippen molar-refractivity contribution in [1.82, 2.24) is 0 Å². The van der Waals surface area contributed by atoms with Crippen LogP contribution in [0.15, 0.2) is 440 Å². The summed E-state index contributed by atoms with van der Waals surface area (Å²) >= 11 is 9.36. The lowest BCUT2D eigenvalue weighted by Gasteiger charge is -2.50. The van der Waals surface area contributed by atoms with Crippen LogP contribution in [0.3, 0.4) is 0 Å². The number of benzene rings is 18. The number of anilines is 11. The first kappa shape index (κ1) is 82.5. The van der Waals surface area contributed by atoms with E-state index in [0.717, 1.165) is 75.0 Å². The van der Waals surface area contributed by atoms with E-state index in [1.54, 1.807) is 48.5 Å². The second kappa shape index (κ2) is 34.9. The number of carbonyl (C=O) groups excluding carboxylic acids is 4. The van der Waals surface area contributed by atoms with Crippen molar-refractivity contribution in [1.29, 1.82) is 0 Å². The van der Waals surface area contributed by atoms with E-state index in [1.165, 1.54) is 109 Å². The second-order valence-corrected chi connectivity index (χ2v) is 35.9. The van der Waals surface area contributed by atoms with Gasteiger partial charge < -0.3 is 25.1 Å². The fourth-order valence-corrected chi connectivity index (χ4v) is 21.2. The van der Waals surface area contributed by atoms with E-state index in [2.05, 4.69) is 347 Å². The van der Waals surface area contributed by atoms with Crippen molar-refractivity contribution >= 4 is 140 Å². The Kier molecular flexibility index (Phi) is 22.2. The third kappa shape index (κ3) is 14.3. The number of halogens is 3. The molecule has 0 bridgehead atoms. The molecule has 5 aliphatic heterocycles. The smallest absolute Gasteiger partial charge is 0.194 e. The SMILES string of the molecule is Brc1ccccc1I.Brc1ccccc1N1c2ccccc2Cc2ccccc21.O=C1c2ccccc2C(=O)c2ccccc21.O=C1c2ccccc2C(O)(c2ccccc2N2c3ccccc3Cc3ccccc32)c2ccccc21.O=C1c2ccccc2C2(c3ccccc31)c1ccccc1N1c3ccccc3Cc3cccc2c31.c1ccc2c(c1)Cc1ccccc1N2. The minimum absolute atomic E-state index is 0.0583. The number of nitrogens with zero attached hydrogens (tertiary/aromatic N) is 3. The van der Waals surface area contributed by atoms with Crippen LogP contribution in [0.25, 0.3) is 0 Å². The first-order valence-electron chi connectivity index (χ1n) is 43.5. The Morgan fingerprint density at radius 3 is 0.900 bits per heavy atom. The summed E-state index contributed by atoms with van der Waals surface area (Å²) in [6.45, 7) is 0. The number of fused-ring (bicyclic) bond motifs is 20. The van der Waals surface area contributed by atoms with E-state index in [-0.39, 0.29) is 23.1 Å². The molecular formula is C118H81Br2IN4O5. The second-order valence-electron chi connectivity index (χ2n) is 33.1. The quantitative estimate of drug-likeness (QED) is 0.167. The number of para-hydroxylation sites is 11. The summed E-state index contributed by atoms with van der Waals surface area (Å²) < 4.78 is 3.53. The largest absolute Gasteiger partial charge is 0.376 e. The van der Waals surface area contributed by atoms with Gasteiger partial charge in [-0.2, -0.15) is 0 Å². The van der Waals surface area contributed by atoms with Crippen LogP contribution < -0.4 is 20.0 Å². The minimum atomic E-state index is -1.50. The van der Waals surface area contributed by atoms with Gasteiger partial charge in [0.25, 0.3) is 0 Å². The Balaban J connectivity index is 0.000000100. The summed E-state index contributed by atoms with van der Waals surface area (Å²) in [6.07, 6.45) is 3.79. The molecule has 18 aromatic rings. The van der Waals surface area contributed by atoms with Gasteiger partial charge in [-0.25, -0.2) is 0 Å². The third-order valence-electron chi connectivity index (χ3n) is 25.8. The molecule has 0 atom stereocenters. The molecule has 12 heteroatoms.